The van der Waals surface area contributed by atoms with E-state index >= 15 is 0 Å². The van der Waals surface area contributed by atoms with Gasteiger partial charge in [-0.1, -0.05) is 13.0 Å². The van der Waals surface area contributed by atoms with Crippen molar-refractivity contribution in [3.63, 3.8) is 0 Å². The Morgan fingerprint density at radius 3 is 2.70 bits per heavy atom. The standard InChI is InChI=1S/C17H24N2O6S2/c1-3-12(2)19(13-6-8-27(23,24)11-13)15(20)10-25-16(21)9-18-17(22)14-5-4-7-26-14/h4-5,7,12-13H,3,6,8-11H2,1-2H3,(H,18,22)/t12-,13+/m0/s1. The number of hydrogen-bond donors (Lipinski definition) is 1. The van der Waals surface area contributed by atoms with E-state index in [1.807, 2.05) is 13.8 Å². The van der Waals surface area contributed by atoms with Crippen LogP contribution in [-0.4, -0.2) is 67.8 Å². The number of carbonyl (C=O) groups is 3. The molecule has 1 aliphatic heterocycles. The van der Waals surface area contributed by atoms with Gasteiger partial charge in [0.15, 0.2) is 16.4 Å². The van der Waals surface area contributed by atoms with E-state index in [0.717, 1.165) is 0 Å². The normalized spacial score (nSPS) is 19.3. The third-order valence-electron chi connectivity index (χ3n) is 4.45. The van der Waals surface area contributed by atoms with Gasteiger partial charge in [0.2, 0.25) is 0 Å². The van der Waals surface area contributed by atoms with Gasteiger partial charge in [0.1, 0.15) is 6.54 Å². The average Bonchev–Trinajstić information content (AvgIpc) is 3.27. The Labute approximate surface area is 162 Å². The lowest BCUT2D eigenvalue weighted by molar-refractivity contribution is -0.153. The summed E-state index contributed by atoms with van der Waals surface area (Å²) < 4.78 is 28.4. The van der Waals surface area contributed by atoms with E-state index in [2.05, 4.69) is 5.32 Å². The second-order valence-electron chi connectivity index (χ2n) is 6.44. The van der Waals surface area contributed by atoms with Crippen molar-refractivity contribution >= 4 is 39.0 Å². The molecule has 1 saturated heterocycles. The molecule has 1 N–H and O–H groups in total. The van der Waals surface area contributed by atoms with Crippen molar-refractivity contribution in [1.82, 2.24) is 10.2 Å². The number of rotatable bonds is 8. The van der Waals surface area contributed by atoms with Crippen molar-refractivity contribution in [2.45, 2.75) is 38.8 Å². The second-order valence-corrected chi connectivity index (χ2v) is 9.61. The summed E-state index contributed by atoms with van der Waals surface area (Å²) in [5.74, 6) is -1.54. The minimum atomic E-state index is -3.13. The van der Waals surface area contributed by atoms with E-state index in [-0.39, 0.29) is 30.0 Å². The van der Waals surface area contributed by atoms with Crippen molar-refractivity contribution in [3.8, 4) is 0 Å². The number of nitrogens with zero attached hydrogens (tertiary/aromatic N) is 1. The maximum atomic E-state index is 12.5. The summed E-state index contributed by atoms with van der Waals surface area (Å²) in [6.45, 7) is 2.92. The summed E-state index contributed by atoms with van der Waals surface area (Å²) in [5, 5.41) is 4.18. The van der Waals surface area contributed by atoms with Crippen LogP contribution in [0.2, 0.25) is 0 Å². The third kappa shape index (κ3) is 6.03. The van der Waals surface area contributed by atoms with E-state index in [0.29, 0.717) is 17.7 Å². The van der Waals surface area contributed by atoms with Gasteiger partial charge in [-0.25, -0.2) is 8.42 Å². The smallest absolute Gasteiger partial charge is 0.325 e. The molecule has 0 unspecified atom stereocenters. The van der Waals surface area contributed by atoms with Gasteiger partial charge < -0.3 is 15.0 Å². The van der Waals surface area contributed by atoms with Crippen LogP contribution in [0, 0.1) is 0 Å². The summed E-state index contributed by atoms with van der Waals surface area (Å²) in [5.41, 5.74) is 0. The molecule has 0 aromatic carbocycles. The fraction of sp³-hybridized carbons (Fsp3) is 0.588. The number of amides is 2. The molecule has 0 aliphatic carbocycles. The Morgan fingerprint density at radius 2 is 2.15 bits per heavy atom. The number of esters is 1. The minimum Gasteiger partial charge on any atom is -0.454 e. The molecule has 2 rings (SSSR count). The Balaban J connectivity index is 1.85. The molecular weight excluding hydrogens is 392 g/mol. The van der Waals surface area contributed by atoms with Gasteiger partial charge in [0.25, 0.3) is 11.8 Å². The lowest BCUT2D eigenvalue weighted by Gasteiger charge is -2.33. The molecule has 0 spiro atoms. The van der Waals surface area contributed by atoms with Crippen LogP contribution in [0.15, 0.2) is 17.5 Å². The lowest BCUT2D eigenvalue weighted by Crippen LogP contribution is -2.48. The van der Waals surface area contributed by atoms with Crippen LogP contribution in [0.3, 0.4) is 0 Å². The Hall–Kier alpha value is -1.94. The molecule has 2 atom stereocenters. The highest BCUT2D eigenvalue weighted by atomic mass is 32.2. The van der Waals surface area contributed by atoms with Crippen molar-refractivity contribution in [2.24, 2.45) is 0 Å². The Bertz CT molecular complexity index is 775. The molecule has 0 saturated carbocycles. The van der Waals surface area contributed by atoms with Crippen LogP contribution < -0.4 is 5.32 Å². The Kier molecular flexibility index (Phi) is 7.37. The first-order valence-electron chi connectivity index (χ1n) is 8.72. The first kappa shape index (κ1) is 21.4. The summed E-state index contributed by atoms with van der Waals surface area (Å²) in [6.07, 6.45) is 1.05. The maximum Gasteiger partial charge on any atom is 0.325 e. The van der Waals surface area contributed by atoms with Crippen LogP contribution in [-0.2, 0) is 24.2 Å². The molecule has 1 fully saturated rings. The quantitative estimate of drug-likeness (QED) is 0.629. The van der Waals surface area contributed by atoms with E-state index in [9.17, 15) is 22.8 Å². The molecule has 2 heterocycles. The highest BCUT2D eigenvalue weighted by Crippen LogP contribution is 2.21. The highest BCUT2D eigenvalue weighted by Gasteiger charge is 2.36. The van der Waals surface area contributed by atoms with Gasteiger partial charge in [-0.05, 0) is 31.2 Å². The predicted octanol–water partition coefficient (Wildman–Crippen LogP) is 0.835. The molecule has 10 heteroatoms. The molecule has 0 bridgehead atoms. The van der Waals surface area contributed by atoms with Gasteiger partial charge in [-0.2, -0.15) is 0 Å². The summed E-state index contributed by atoms with van der Waals surface area (Å²) in [7, 11) is -3.13. The molecule has 1 aromatic heterocycles. The fourth-order valence-corrected chi connectivity index (χ4v) is 5.27. The van der Waals surface area contributed by atoms with Gasteiger partial charge in [-0.3, -0.25) is 14.4 Å². The van der Waals surface area contributed by atoms with Crippen LogP contribution in [0.25, 0.3) is 0 Å². The number of hydrogen-bond acceptors (Lipinski definition) is 7. The zero-order valence-electron chi connectivity index (χ0n) is 15.3. The van der Waals surface area contributed by atoms with Crippen molar-refractivity contribution in [2.75, 3.05) is 24.7 Å². The number of thiophene rings is 1. The molecule has 8 nitrogen and oxygen atoms in total. The van der Waals surface area contributed by atoms with Crippen LogP contribution in [0.4, 0.5) is 0 Å². The monoisotopic (exact) mass is 416 g/mol. The van der Waals surface area contributed by atoms with Crippen LogP contribution in [0.5, 0.6) is 0 Å². The van der Waals surface area contributed by atoms with Gasteiger partial charge in [0, 0.05) is 12.1 Å². The molecule has 1 aliphatic rings. The molecular formula is C17H24N2O6S2. The number of ether oxygens (including phenoxy) is 1. The topological polar surface area (TPSA) is 110 Å². The largest absolute Gasteiger partial charge is 0.454 e. The number of nitrogens with one attached hydrogen (secondary N) is 1. The molecule has 0 radical (unpaired) electrons. The van der Waals surface area contributed by atoms with E-state index < -0.39 is 34.4 Å². The first-order chi connectivity index (χ1) is 12.7. The fourth-order valence-electron chi connectivity index (χ4n) is 2.92. The minimum absolute atomic E-state index is 0.0616. The average molecular weight is 417 g/mol. The van der Waals surface area contributed by atoms with Crippen molar-refractivity contribution in [1.29, 1.82) is 0 Å². The van der Waals surface area contributed by atoms with Gasteiger partial charge >= 0.3 is 5.97 Å². The van der Waals surface area contributed by atoms with Crippen LogP contribution >= 0.6 is 11.3 Å². The SMILES string of the molecule is CC[C@H](C)N(C(=O)COC(=O)CNC(=O)c1cccs1)[C@@H]1CCS(=O)(=O)C1. The molecule has 1 aromatic rings. The Morgan fingerprint density at radius 1 is 1.41 bits per heavy atom. The van der Waals surface area contributed by atoms with Gasteiger partial charge in [-0.15, -0.1) is 11.3 Å². The summed E-state index contributed by atoms with van der Waals surface area (Å²) >= 11 is 1.25. The second kappa shape index (κ2) is 9.32. The van der Waals surface area contributed by atoms with Crippen molar-refractivity contribution < 1.29 is 27.5 Å². The first-order valence-corrected chi connectivity index (χ1v) is 11.4. The maximum absolute atomic E-state index is 12.5. The molecule has 2 amide bonds. The third-order valence-corrected chi connectivity index (χ3v) is 7.07. The number of sulfone groups is 1. The summed E-state index contributed by atoms with van der Waals surface area (Å²) in [4.78, 5) is 38.1. The van der Waals surface area contributed by atoms with E-state index in [1.165, 1.54) is 16.2 Å². The predicted molar refractivity (Wildman–Crippen MR) is 101 cm³/mol. The van der Waals surface area contributed by atoms with E-state index in [1.54, 1.807) is 17.5 Å². The zero-order valence-corrected chi connectivity index (χ0v) is 17.0. The summed E-state index contributed by atoms with van der Waals surface area (Å²) in [6, 6.07) is 2.81. The molecule has 27 heavy (non-hydrogen) atoms. The number of carbonyl (C=O) groups excluding carboxylic acids is 3. The van der Waals surface area contributed by atoms with E-state index in [4.69, 9.17) is 4.74 Å². The molecule has 150 valence electrons. The lowest BCUT2D eigenvalue weighted by atomic mass is 10.1. The van der Waals surface area contributed by atoms with Gasteiger partial charge in [0.05, 0.1) is 16.4 Å². The zero-order chi connectivity index (χ0) is 20.0. The van der Waals surface area contributed by atoms with Crippen molar-refractivity contribution in [3.05, 3.63) is 22.4 Å². The van der Waals surface area contributed by atoms with Crippen LogP contribution in [0.1, 0.15) is 36.4 Å². The highest BCUT2D eigenvalue weighted by molar-refractivity contribution is 7.91.